The summed E-state index contributed by atoms with van der Waals surface area (Å²) in [6.45, 7) is -0.162. The van der Waals surface area contributed by atoms with E-state index in [1.165, 1.54) is 25.0 Å². The number of thioether (sulfide) groups is 1. The quantitative estimate of drug-likeness (QED) is 0.824. The zero-order valence-corrected chi connectivity index (χ0v) is 8.79. The molecular weight excluding hydrogens is 200 g/mol. The Morgan fingerprint density at radius 3 is 3.07 bits per heavy atom. The third kappa shape index (κ3) is 2.48. The Hall–Kier alpha value is -0.550. The van der Waals surface area contributed by atoms with Crippen LogP contribution < -0.4 is 0 Å². The molecule has 1 N–H and O–H groups in total. The molecule has 1 fully saturated rings. The molecule has 0 amide bonds. The van der Waals surface area contributed by atoms with E-state index >= 15 is 0 Å². The van der Waals surface area contributed by atoms with Crippen molar-refractivity contribution in [3.05, 3.63) is 11.7 Å². The Morgan fingerprint density at radius 2 is 2.43 bits per heavy atom. The molecule has 78 valence electrons. The molecule has 14 heavy (non-hydrogen) atoms. The maximum absolute atomic E-state index is 8.76. The van der Waals surface area contributed by atoms with Crippen LogP contribution in [0, 0.1) is 0 Å². The average Bonchev–Trinajstić information content (AvgIpc) is 2.67. The highest BCUT2D eigenvalue weighted by molar-refractivity contribution is 7.99. The Bertz CT molecular complexity index is 284. The molecule has 0 aliphatic carbocycles. The lowest BCUT2D eigenvalue weighted by molar-refractivity contribution is 0.222. The third-order valence-corrected chi connectivity index (χ3v) is 3.73. The Morgan fingerprint density at radius 1 is 1.50 bits per heavy atom. The van der Waals surface area contributed by atoms with Gasteiger partial charge < -0.3 is 9.63 Å². The van der Waals surface area contributed by atoms with Gasteiger partial charge >= 0.3 is 0 Å². The highest BCUT2D eigenvalue weighted by Crippen LogP contribution is 2.27. The van der Waals surface area contributed by atoms with Gasteiger partial charge in [0.15, 0.2) is 5.82 Å². The summed E-state index contributed by atoms with van der Waals surface area (Å²) in [7, 11) is 0. The fourth-order valence-electron chi connectivity index (χ4n) is 1.61. The average molecular weight is 214 g/mol. The molecule has 0 aromatic carbocycles. The summed E-state index contributed by atoms with van der Waals surface area (Å²) in [4.78, 5) is 4.08. The van der Waals surface area contributed by atoms with Crippen LogP contribution in [-0.4, -0.2) is 26.2 Å². The second-order valence-corrected chi connectivity index (χ2v) is 4.86. The molecule has 0 saturated carbocycles. The van der Waals surface area contributed by atoms with Crippen LogP contribution in [0.2, 0.25) is 0 Å². The molecule has 1 saturated heterocycles. The zero-order valence-electron chi connectivity index (χ0n) is 7.98. The van der Waals surface area contributed by atoms with Gasteiger partial charge in [-0.2, -0.15) is 16.7 Å². The Labute approximate surface area is 87.1 Å². The smallest absolute Gasteiger partial charge is 0.252 e. The largest absolute Gasteiger partial charge is 0.387 e. The summed E-state index contributed by atoms with van der Waals surface area (Å²) in [5, 5.41) is 13.2. The van der Waals surface area contributed by atoms with E-state index in [1.807, 2.05) is 11.8 Å². The summed E-state index contributed by atoms with van der Waals surface area (Å²) >= 11 is 1.99. The van der Waals surface area contributed by atoms with Gasteiger partial charge in [0.1, 0.15) is 6.61 Å². The summed E-state index contributed by atoms with van der Waals surface area (Å²) in [5.74, 6) is 2.30. The van der Waals surface area contributed by atoms with Crippen LogP contribution in [0.15, 0.2) is 4.52 Å². The lowest BCUT2D eigenvalue weighted by atomic mass is 10.1. The van der Waals surface area contributed by atoms with Gasteiger partial charge in [-0.05, 0) is 18.6 Å². The van der Waals surface area contributed by atoms with Crippen molar-refractivity contribution in [2.24, 2.45) is 0 Å². The van der Waals surface area contributed by atoms with Crippen LogP contribution in [0.3, 0.4) is 0 Å². The number of aliphatic hydroxyl groups excluding tert-OH is 1. The van der Waals surface area contributed by atoms with Crippen LogP contribution in [0.1, 0.15) is 31.0 Å². The zero-order chi connectivity index (χ0) is 9.80. The van der Waals surface area contributed by atoms with Crippen molar-refractivity contribution in [2.45, 2.75) is 37.5 Å². The Kier molecular flexibility index (Phi) is 3.42. The number of aliphatic hydroxyl groups is 1. The van der Waals surface area contributed by atoms with Gasteiger partial charge in [0.2, 0.25) is 0 Å². The van der Waals surface area contributed by atoms with Crippen LogP contribution in [0.4, 0.5) is 0 Å². The van der Waals surface area contributed by atoms with Gasteiger partial charge in [-0.3, -0.25) is 0 Å². The van der Waals surface area contributed by atoms with Crippen LogP contribution in [-0.2, 0) is 13.0 Å². The molecule has 1 aliphatic heterocycles. The van der Waals surface area contributed by atoms with E-state index in [-0.39, 0.29) is 6.61 Å². The summed E-state index contributed by atoms with van der Waals surface area (Å²) in [5.41, 5.74) is 0. The van der Waals surface area contributed by atoms with Gasteiger partial charge in [0.05, 0.1) is 0 Å². The first-order valence-electron chi connectivity index (χ1n) is 4.92. The molecule has 1 aromatic heterocycles. The van der Waals surface area contributed by atoms with Crippen molar-refractivity contribution in [3.63, 3.8) is 0 Å². The van der Waals surface area contributed by atoms with Crippen molar-refractivity contribution in [2.75, 3.05) is 5.75 Å². The minimum atomic E-state index is -0.162. The number of hydrogen-bond donors (Lipinski definition) is 1. The van der Waals surface area contributed by atoms with E-state index in [1.54, 1.807) is 0 Å². The Balaban J connectivity index is 1.89. The molecule has 1 atom stereocenters. The fraction of sp³-hybridized carbons (Fsp3) is 0.778. The van der Waals surface area contributed by atoms with Crippen LogP contribution in [0.5, 0.6) is 0 Å². The van der Waals surface area contributed by atoms with Crippen molar-refractivity contribution < 1.29 is 9.63 Å². The van der Waals surface area contributed by atoms with Crippen molar-refractivity contribution >= 4 is 11.8 Å². The second kappa shape index (κ2) is 4.79. The van der Waals surface area contributed by atoms with Crippen molar-refractivity contribution in [3.8, 4) is 0 Å². The molecule has 1 aliphatic rings. The molecule has 2 heterocycles. The lowest BCUT2D eigenvalue weighted by Crippen LogP contribution is -2.13. The monoisotopic (exact) mass is 214 g/mol. The number of rotatable bonds is 3. The molecule has 1 aromatic rings. The van der Waals surface area contributed by atoms with Crippen molar-refractivity contribution in [1.82, 2.24) is 10.1 Å². The summed E-state index contributed by atoms with van der Waals surface area (Å²) in [6.07, 6.45) is 4.75. The molecule has 0 bridgehead atoms. The van der Waals surface area contributed by atoms with Crippen LogP contribution in [0.25, 0.3) is 0 Å². The van der Waals surface area contributed by atoms with Gasteiger partial charge in [-0.25, -0.2) is 0 Å². The standard InChI is InChI=1S/C9H14N2O2S/c12-6-9-10-8(11-13-9)5-7-3-1-2-4-14-7/h7,12H,1-6H2. The molecule has 1 unspecified atom stereocenters. The predicted molar refractivity (Wildman–Crippen MR) is 54.0 cm³/mol. The first kappa shape index (κ1) is 9.98. The van der Waals surface area contributed by atoms with Gasteiger partial charge in [0.25, 0.3) is 5.89 Å². The van der Waals surface area contributed by atoms with Gasteiger partial charge in [-0.1, -0.05) is 11.6 Å². The van der Waals surface area contributed by atoms with Gasteiger partial charge in [0, 0.05) is 11.7 Å². The van der Waals surface area contributed by atoms with Crippen molar-refractivity contribution in [1.29, 1.82) is 0 Å². The minimum absolute atomic E-state index is 0.162. The molecule has 4 nitrogen and oxygen atoms in total. The van der Waals surface area contributed by atoms with E-state index in [9.17, 15) is 0 Å². The normalized spacial score (nSPS) is 22.5. The SMILES string of the molecule is OCc1nc(CC2CCCCS2)no1. The second-order valence-electron chi connectivity index (χ2n) is 3.46. The first-order chi connectivity index (χ1) is 6.88. The number of nitrogens with zero attached hydrogens (tertiary/aromatic N) is 2. The first-order valence-corrected chi connectivity index (χ1v) is 5.97. The molecular formula is C9H14N2O2S. The van der Waals surface area contributed by atoms with E-state index in [2.05, 4.69) is 10.1 Å². The number of hydrogen-bond acceptors (Lipinski definition) is 5. The predicted octanol–water partition coefficient (Wildman–Crippen LogP) is 1.39. The molecule has 5 heteroatoms. The summed E-state index contributed by atoms with van der Waals surface area (Å²) < 4.78 is 4.83. The molecule has 0 spiro atoms. The fourth-order valence-corrected chi connectivity index (χ4v) is 2.91. The lowest BCUT2D eigenvalue weighted by Gasteiger charge is -2.19. The third-order valence-electron chi connectivity index (χ3n) is 2.33. The van der Waals surface area contributed by atoms with E-state index in [0.29, 0.717) is 11.1 Å². The minimum Gasteiger partial charge on any atom is -0.387 e. The summed E-state index contributed by atoms with van der Waals surface area (Å²) in [6, 6.07) is 0. The van der Waals surface area contributed by atoms with E-state index < -0.39 is 0 Å². The highest BCUT2D eigenvalue weighted by Gasteiger charge is 2.17. The topological polar surface area (TPSA) is 59.2 Å². The van der Waals surface area contributed by atoms with Gasteiger partial charge in [-0.15, -0.1) is 0 Å². The molecule has 0 radical (unpaired) electrons. The van der Waals surface area contributed by atoms with E-state index in [4.69, 9.17) is 9.63 Å². The van der Waals surface area contributed by atoms with E-state index in [0.717, 1.165) is 12.2 Å². The number of aromatic nitrogens is 2. The molecule has 2 rings (SSSR count). The highest BCUT2D eigenvalue weighted by atomic mass is 32.2. The maximum atomic E-state index is 8.76. The maximum Gasteiger partial charge on any atom is 0.252 e. The van der Waals surface area contributed by atoms with Crippen LogP contribution >= 0.6 is 11.8 Å².